The van der Waals surface area contributed by atoms with Gasteiger partial charge in [-0.05, 0) is 37.0 Å². The van der Waals surface area contributed by atoms with Crippen molar-refractivity contribution in [2.75, 3.05) is 13.6 Å². The molecule has 1 unspecified atom stereocenters. The molecule has 1 heterocycles. The molecular weight excluding hydrogens is 284 g/mol. The predicted octanol–water partition coefficient (Wildman–Crippen LogP) is 1.05. The van der Waals surface area contributed by atoms with Gasteiger partial charge in [0.25, 0.3) is 0 Å². The standard InChI is InChI=1S/C16H20N2O4/c1-17-15(20)13-7-2-3-8-18(13)14(19)10-11-5-4-6-12(9-11)16(21)22/h4-6,9,13H,2-3,7-8,10H2,1H3,(H,17,20)(H,21,22). The van der Waals surface area contributed by atoms with Crippen LogP contribution in [0.1, 0.15) is 35.2 Å². The van der Waals surface area contributed by atoms with E-state index in [1.165, 1.54) is 12.1 Å². The molecule has 1 atom stereocenters. The maximum absolute atomic E-state index is 12.5. The average Bonchev–Trinajstić information content (AvgIpc) is 2.54. The van der Waals surface area contributed by atoms with E-state index in [9.17, 15) is 14.4 Å². The van der Waals surface area contributed by atoms with Crippen molar-refractivity contribution in [3.05, 3.63) is 35.4 Å². The minimum Gasteiger partial charge on any atom is -0.478 e. The zero-order chi connectivity index (χ0) is 16.1. The lowest BCUT2D eigenvalue weighted by molar-refractivity contribution is -0.141. The maximum atomic E-state index is 12.5. The smallest absolute Gasteiger partial charge is 0.335 e. The zero-order valence-electron chi connectivity index (χ0n) is 12.5. The third-order valence-electron chi connectivity index (χ3n) is 3.90. The highest BCUT2D eigenvalue weighted by Gasteiger charge is 2.31. The SMILES string of the molecule is CNC(=O)C1CCCCN1C(=O)Cc1cccc(C(=O)O)c1. The Hall–Kier alpha value is -2.37. The molecule has 0 spiro atoms. The number of carboxylic acid groups (broad SMARTS) is 1. The van der Waals surface area contributed by atoms with E-state index in [4.69, 9.17) is 5.11 Å². The molecule has 0 saturated carbocycles. The van der Waals surface area contributed by atoms with Crippen LogP contribution < -0.4 is 5.32 Å². The van der Waals surface area contributed by atoms with Gasteiger partial charge in [-0.1, -0.05) is 12.1 Å². The van der Waals surface area contributed by atoms with Crippen LogP contribution in [0.15, 0.2) is 24.3 Å². The van der Waals surface area contributed by atoms with E-state index < -0.39 is 12.0 Å². The van der Waals surface area contributed by atoms with Crippen LogP contribution in [0, 0.1) is 0 Å². The highest BCUT2D eigenvalue weighted by atomic mass is 16.4. The van der Waals surface area contributed by atoms with Gasteiger partial charge in [-0.15, -0.1) is 0 Å². The number of nitrogens with zero attached hydrogens (tertiary/aromatic N) is 1. The topological polar surface area (TPSA) is 86.7 Å². The molecule has 118 valence electrons. The van der Waals surface area contributed by atoms with Crippen molar-refractivity contribution in [1.29, 1.82) is 0 Å². The average molecular weight is 304 g/mol. The Labute approximate surface area is 129 Å². The molecule has 1 fully saturated rings. The van der Waals surface area contributed by atoms with Crippen LogP contribution in [0.2, 0.25) is 0 Å². The normalized spacial score (nSPS) is 17.9. The molecule has 0 aliphatic carbocycles. The Morgan fingerprint density at radius 2 is 2.09 bits per heavy atom. The van der Waals surface area contributed by atoms with Gasteiger partial charge in [0.05, 0.1) is 12.0 Å². The first-order chi connectivity index (χ1) is 10.5. The van der Waals surface area contributed by atoms with Crippen LogP contribution in [0.5, 0.6) is 0 Å². The van der Waals surface area contributed by atoms with Crippen molar-refractivity contribution < 1.29 is 19.5 Å². The number of aromatic carboxylic acids is 1. The molecule has 1 aromatic carbocycles. The number of hydrogen-bond acceptors (Lipinski definition) is 3. The molecule has 2 rings (SSSR count). The maximum Gasteiger partial charge on any atom is 0.335 e. The number of likely N-dealkylation sites (N-methyl/N-ethyl adjacent to an activating group) is 1. The van der Waals surface area contributed by atoms with Gasteiger partial charge >= 0.3 is 5.97 Å². The second kappa shape index (κ2) is 7.06. The van der Waals surface area contributed by atoms with Crippen molar-refractivity contribution in [2.24, 2.45) is 0 Å². The van der Waals surface area contributed by atoms with Crippen LogP contribution in [0.4, 0.5) is 0 Å². The van der Waals surface area contributed by atoms with Gasteiger partial charge in [0.1, 0.15) is 6.04 Å². The fraction of sp³-hybridized carbons (Fsp3) is 0.438. The Kier molecular flexibility index (Phi) is 5.14. The first-order valence-corrected chi connectivity index (χ1v) is 7.36. The summed E-state index contributed by atoms with van der Waals surface area (Å²) in [4.78, 5) is 37.0. The van der Waals surface area contributed by atoms with Gasteiger partial charge in [0, 0.05) is 13.6 Å². The lowest BCUT2D eigenvalue weighted by Crippen LogP contribution is -2.51. The van der Waals surface area contributed by atoms with E-state index in [1.807, 2.05) is 0 Å². The van der Waals surface area contributed by atoms with Crippen molar-refractivity contribution in [3.63, 3.8) is 0 Å². The summed E-state index contributed by atoms with van der Waals surface area (Å²) in [5.74, 6) is -1.31. The lowest BCUT2D eigenvalue weighted by Gasteiger charge is -2.34. The Morgan fingerprint density at radius 1 is 1.32 bits per heavy atom. The van der Waals surface area contributed by atoms with E-state index in [1.54, 1.807) is 24.1 Å². The summed E-state index contributed by atoms with van der Waals surface area (Å²) in [6, 6.07) is 5.92. The molecule has 22 heavy (non-hydrogen) atoms. The predicted molar refractivity (Wildman–Crippen MR) is 80.5 cm³/mol. The summed E-state index contributed by atoms with van der Waals surface area (Å²) in [5.41, 5.74) is 0.804. The number of amides is 2. The molecule has 1 saturated heterocycles. The zero-order valence-corrected chi connectivity index (χ0v) is 12.5. The largest absolute Gasteiger partial charge is 0.478 e. The highest BCUT2D eigenvalue weighted by molar-refractivity contribution is 5.90. The fourth-order valence-corrected chi connectivity index (χ4v) is 2.76. The molecule has 6 nitrogen and oxygen atoms in total. The van der Waals surface area contributed by atoms with E-state index in [2.05, 4.69) is 5.32 Å². The highest BCUT2D eigenvalue weighted by Crippen LogP contribution is 2.19. The number of carbonyl (C=O) groups is 3. The van der Waals surface area contributed by atoms with Gasteiger partial charge in [-0.25, -0.2) is 4.79 Å². The Balaban J connectivity index is 2.11. The fourth-order valence-electron chi connectivity index (χ4n) is 2.76. The van der Waals surface area contributed by atoms with Crippen LogP contribution >= 0.6 is 0 Å². The first-order valence-electron chi connectivity index (χ1n) is 7.36. The van der Waals surface area contributed by atoms with Crippen molar-refractivity contribution >= 4 is 17.8 Å². The summed E-state index contributed by atoms with van der Waals surface area (Å²) in [5, 5.41) is 11.6. The summed E-state index contributed by atoms with van der Waals surface area (Å²) in [6.07, 6.45) is 2.58. The molecule has 2 N–H and O–H groups in total. The number of hydrogen-bond donors (Lipinski definition) is 2. The third kappa shape index (κ3) is 3.63. The number of likely N-dealkylation sites (tertiary alicyclic amines) is 1. The monoisotopic (exact) mass is 304 g/mol. The minimum absolute atomic E-state index is 0.106. The van der Waals surface area contributed by atoms with Crippen LogP contribution in [0.25, 0.3) is 0 Å². The minimum atomic E-state index is -1.02. The summed E-state index contributed by atoms with van der Waals surface area (Å²) in [6.45, 7) is 0.565. The number of carboxylic acids is 1. The van der Waals surface area contributed by atoms with E-state index in [-0.39, 0.29) is 23.8 Å². The van der Waals surface area contributed by atoms with Crippen molar-refractivity contribution in [3.8, 4) is 0 Å². The van der Waals surface area contributed by atoms with Gasteiger partial charge in [-0.2, -0.15) is 0 Å². The van der Waals surface area contributed by atoms with Crippen molar-refractivity contribution in [2.45, 2.75) is 31.7 Å². The van der Waals surface area contributed by atoms with Gasteiger partial charge < -0.3 is 15.3 Å². The van der Waals surface area contributed by atoms with E-state index in [0.29, 0.717) is 18.5 Å². The van der Waals surface area contributed by atoms with Gasteiger partial charge in [0.2, 0.25) is 11.8 Å². The Bertz CT molecular complexity index is 585. The van der Waals surface area contributed by atoms with Crippen molar-refractivity contribution in [1.82, 2.24) is 10.2 Å². The molecule has 6 heteroatoms. The van der Waals surface area contributed by atoms with Crippen LogP contribution in [-0.4, -0.2) is 47.4 Å². The van der Waals surface area contributed by atoms with Crippen LogP contribution in [0.3, 0.4) is 0 Å². The second-order valence-electron chi connectivity index (χ2n) is 5.40. The van der Waals surface area contributed by atoms with Crippen LogP contribution in [-0.2, 0) is 16.0 Å². The molecule has 0 bridgehead atoms. The number of rotatable bonds is 4. The molecular formula is C16H20N2O4. The molecule has 1 aliphatic rings. The van der Waals surface area contributed by atoms with Gasteiger partial charge in [-0.3, -0.25) is 9.59 Å². The third-order valence-corrected chi connectivity index (χ3v) is 3.90. The molecule has 1 aliphatic heterocycles. The molecule has 0 aromatic heterocycles. The lowest BCUT2D eigenvalue weighted by atomic mass is 9.99. The number of nitrogens with one attached hydrogen (secondary N) is 1. The summed E-state index contributed by atoms with van der Waals surface area (Å²) in [7, 11) is 1.57. The quantitative estimate of drug-likeness (QED) is 0.870. The van der Waals surface area contributed by atoms with Gasteiger partial charge in [0.15, 0.2) is 0 Å². The van der Waals surface area contributed by atoms with E-state index in [0.717, 1.165) is 12.8 Å². The number of piperidine rings is 1. The summed E-state index contributed by atoms with van der Waals surface area (Å²) < 4.78 is 0. The first kappa shape index (κ1) is 16.0. The summed E-state index contributed by atoms with van der Waals surface area (Å²) >= 11 is 0. The number of benzene rings is 1. The molecule has 1 aromatic rings. The van der Waals surface area contributed by atoms with E-state index >= 15 is 0 Å². The Morgan fingerprint density at radius 3 is 2.77 bits per heavy atom. The second-order valence-corrected chi connectivity index (χ2v) is 5.40. The number of carbonyl (C=O) groups excluding carboxylic acids is 2. The molecule has 0 radical (unpaired) electrons. The molecule has 2 amide bonds.